The number of sulfonamides is 1. The lowest BCUT2D eigenvalue weighted by molar-refractivity contribution is 0.103. The number of nitrogens with zero attached hydrogens (tertiary/aromatic N) is 1. The molecule has 30 heavy (non-hydrogen) atoms. The average molecular weight is 439 g/mol. The fourth-order valence-electron chi connectivity index (χ4n) is 2.93. The van der Waals surface area contributed by atoms with Gasteiger partial charge in [-0.15, -0.1) is 11.3 Å². The summed E-state index contributed by atoms with van der Waals surface area (Å²) in [5.74, 6) is -0.598. The van der Waals surface area contributed by atoms with Crippen LogP contribution in [0, 0.1) is 5.82 Å². The van der Waals surface area contributed by atoms with Crippen molar-refractivity contribution < 1.29 is 17.6 Å². The lowest BCUT2D eigenvalue weighted by atomic mass is 10.1. The summed E-state index contributed by atoms with van der Waals surface area (Å²) in [5, 5.41) is 5.45. The molecule has 1 aromatic heterocycles. The summed E-state index contributed by atoms with van der Waals surface area (Å²) < 4.78 is 36.5. The molecule has 0 amide bonds. The quantitative estimate of drug-likeness (QED) is 0.465. The van der Waals surface area contributed by atoms with Gasteiger partial charge in [-0.2, -0.15) is 0 Å². The summed E-state index contributed by atoms with van der Waals surface area (Å²) in [7, 11) is -3.83. The number of carbonyl (C=O) groups is 1. The SMILES string of the molecule is NS(=O)(=O)c1ccc(-c2nc(C(=O)c3ccccc3)sc2-c2ccc(F)cc2)cc1. The first-order valence-electron chi connectivity index (χ1n) is 8.83. The van der Waals surface area contributed by atoms with E-state index in [1.165, 1.54) is 35.6 Å². The molecule has 0 aliphatic heterocycles. The van der Waals surface area contributed by atoms with E-state index in [4.69, 9.17) is 5.14 Å². The molecule has 0 fully saturated rings. The number of halogens is 1. The Bertz CT molecular complexity index is 1320. The van der Waals surface area contributed by atoms with Gasteiger partial charge in [0.2, 0.25) is 15.8 Å². The van der Waals surface area contributed by atoms with Gasteiger partial charge in [0.15, 0.2) is 5.01 Å². The monoisotopic (exact) mass is 438 g/mol. The Morgan fingerprint density at radius 2 is 1.47 bits per heavy atom. The summed E-state index contributed by atoms with van der Waals surface area (Å²) >= 11 is 1.20. The number of carbonyl (C=O) groups excluding carboxylic acids is 1. The normalized spacial score (nSPS) is 11.4. The van der Waals surface area contributed by atoms with Crippen LogP contribution in [-0.2, 0) is 10.0 Å². The van der Waals surface area contributed by atoms with Crippen LogP contribution in [0.3, 0.4) is 0 Å². The molecule has 4 rings (SSSR count). The third-order valence-corrected chi connectivity index (χ3v) is 6.45. The number of hydrogen-bond acceptors (Lipinski definition) is 5. The molecule has 4 aromatic rings. The summed E-state index contributed by atoms with van der Waals surface area (Å²) in [5.41, 5.74) is 2.33. The smallest absolute Gasteiger partial charge is 0.238 e. The molecule has 5 nitrogen and oxygen atoms in total. The van der Waals surface area contributed by atoms with Crippen molar-refractivity contribution in [3.8, 4) is 21.7 Å². The number of benzene rings is 3. The Hall–Kier alpha value is -3.20. The Balaban J connectivity index is 1.84. The minimum absolute atomic E-state index is 0.0228. The van der Waals surface area contributed by atoms with E-state index in [-0.39, 0.29) is 21.5 Å². The zero-order valence-electron chi connectivity index (χ0n) is 15.4. The van der Waals surface area contributed by atoms with E-state index in [2.05, 4.69) is 4.98 Å². The Morgan fingerprint density at radius 3 is 2.07 bits per heavy atom. The van der Waals surface area contributed by atoms with Gasteiger partial charge in [0.25, 0.3) is 0 Å². The molecule has 2 N–H and O–H groups in total. The molecule has 0 saturated heterocycles. The lowest BCUT2D eigenvalue weighted by Gasteiger charge is -2.04. The predicted octanol–water partition coefficient (Wildman–Crippen LogP) is 4.49. The highest BCUT2D eigenvalue weighted by molar-refractivity contribution is 7.89. The van der Waals surface area contributed by atoms with Crippen molar-refractivity contribution in [1.29, 1.82) is 0 Å². The maximum absolute atomic E-state index is 13.4. The maximum atomic E-state index is 13.4. The van der Waals surface area contributed by atoms with Crippen LogP contribution < -0.4 is 5.14 Å². The second kappa shape index (κ2) is 7.91. The molecule has 8 heteroatoms. The van der Waals surface area contributed by atoms with Gasteiger partial charge >= 0.3 is 0 Å². The molecule has 1 heterocycles. The van der Waals surface area contributed by atoms with Gasteiger partial charge in [0.1, 0.15) is 5.82 Å². The van der Waals surface area contributed by atoms with Crippen molar-refractivity contribution in [3.05, 3.63) is 95.3 Å². The summed E-state index contributed by atoms with van der Waals surface area (Å²) in [6.07, 6.45) is 0. The molecular formula is C22H15FN2O3S2. The topological polar surface area (TPSA) is 90.1 Å². The first kappa shape index (κ1) is 20.1. The molecule has 0 bridgehead atoms. The number of hydrogen-bond donors (Lipinski definition) is 1. The van der Waals surface area contributed by atoms with Gasteiger partial charge in [0, 0.05) is 11.1 Å². The maximum Gasteiger partial charge on any atom is 0.238 e. The fourth-order valence-corrected chi connectivity index (χ4v) is 4.50. The predicted molar refractivity (Wildman–Crippen MR) is 114 cm³/mol. The van der Waals surface area contributed by atoms with Crippen LogP contribution in [0.4, 0.5) is 4.39 Å². The van der Waals surface area contributed by atoms with Crippen LogP contribution in [0.2, 0.25) is 0 Å². The number of ketones is 1. The second-order valence-corrected chi connectivity index (χ2v) is 9.03. The number of primary sulfonamides is 1. The van der Waals surface area contributed by atoms with Crippen molar-refractivity contribution in [2.45, 2.75) is 4.90 Å². The van der Waals surface area contributed by atoms with Gasteiger partial charge in [0.05, 0.1) is 15.5 Å². The molecule has 0 atom stereocenters. The molecule has 0 aliphatic carbocycles. The highest BCUT2D eigenvalue weighted by Crippen LogP contribution is 2.38. The summed E-state index contributed by atoms with van der Waals surface area (Å²) in [6, 6.07) is 20.6. The molecule has 0 unspecified atom stereocenters. The van der Waals surface area contributed by atoms with Crippen molar-refractivity contribution in [2.24, 2.45) is 5.14 Å². The van der Waals surface area contributed by atoms with E-state index in [1.54, 1.807) is 48.5 Å². The third-order valence-electron chi connectivity index (χ3n) is 4.42. The highest BCUT2D eigenvalue weighted by atomic mass is 32.2. The van der Waals surface area contributed by atoms with Crippen LogP contribution in [0.1, 0.15) is 15.4 Å². The van der Waals surface area contributed by atoms with Crippen LogP contribution in [0.15, 0.2) is 83.8 Å². The highest BCUT2D eigenvalue weighted by Gasteiger charge is 2.21. The minimum atomic E-state index is -3.83. The first-order valence-corrected chi connectivity index (χ1v) is 11.2. The van der Waals surface area contributed by atoms with E-state index in [0.717, 1.165) is 0 Å². The van der Waals surface area contributed by atoms with Crippen molar-refractivity contribution in [1.82, 2.24) is 4.98 Å². The molecule has 0 aliphatic rings. The summed E-state index contributed by atoms with van der Waals surface area (Å²) in [6.45, 7) is 0. The standard InChI is InChI=1S/C22H15FN2O3S2/c23-17-10-6-16(7-11-17)21-19(14-8-12-18(13-9-14)30(24,27)28)25-22(29-21)20(26)15-4-2-1-3-5-15/h1-13H,(H2,24,27,28). The van der Waals surface area contributed by atoms with Crippen molar-refractivity contribution >= 4 is 27.1 Å². The molecule has 3 aromatic carbocycles. The largest absolute Gasteiger partial charge is 0.286 e. The second-order valence-electron chi connectivity index (χ2n) is 6.47. The van der Waals surface area contributed by atoms with Gasteiger partial charge in [-0.3, -0.25) is 4.79 Å². The summed E-state index contributed by atoms with van der Waals surface area (Å²) in [4.78, 5) is 18.1. The third kappa shape index (κ3) is 4.06. The van der Waals surface area contributed by atoms with Gasteiger partial charge < -0.3 is 0 Å². The molecule has 0 radical (unpaired) electrons. The van der Waals surface area contributed by atoms with E-state index in [0.29, 0.717) is 27.3 Å². The van der Waals surface area contributed by atoms with Gasteiger partial charge in [-0.25, -0.2) is 22.9 Å². The number of rotatable bonds is 5. The van der Waals surface area contributed by atoms with E-state index in [9.17, 15) is 17.6 Å². The molecule has 150 valence electrons. The van der Waals surface area contributed by atoms with Crippen LogP contribution in [0.25, 0.3) is 21.7 Å². The first-order chi connectivity index (χ1) is 14.3. The Kier molecular flexibility index (Phi) is 5.29. The van der Waals surface area contributed by atoms with Crippen molar-refractivity contribution in [2.75, 3.05) is 0 Å². The van der Waals surface area contributed by atoms with Crippen LogP contribution >= 0.6 is 11.3 Å². The Morgan fingerprint density at radius 1 is 0.867 bits per heavy atom. The lowest BCUT2D eigenvalue weighted by Crippen LogP contribution is -2.11. The Labute approximate surface area is 176 Å². The van der Waals surface area contributed by atoms with E-state index < -0.39 is 10.0 Å². The minimum Gasteiger partial charge on any atom is -0.286 e. The van der Waals surface area contributed by atoms with Gasteiger partial charge in [-0.1, -0.05) is 54.6 Å². The molecular weight excluding hydrogens is 423 g/mol. The van der Waals surface area contributed by atoms with Crippen molar-refractivity contribution in [3.63, 3.8) is 0 Å². The number of aromatic nitrogens is 1. The van der Waals surface area contributed by atoms with Crippen LogP contribution in [0.5, 0.6) is 0 Å². The molecule has 0 spiro atoms. The number of nitrogens with two attached hydrogens (primary N) is 1. The number of thiazole rings is 1. The zero-order valence-corrected chi connectivity index (χ0v) is 17.1. The van der Waals surface area contributed by atoms with E-state index >= 15 is 0 Å². The fraction of sp³-hybridized carbons (Fsp3) is 0. The van der Waals surface area contributed by atoms with Crippen LogP contribution in [-0.4, -0.2) is 19.2 Å². The van der Waals surface area contributed by atoms with Gasteiger partial charge in [-0.05, 0) is 29.8 Å². The van der Waals surface area contributed by atoms with E-state index in [1.807, 2.05) is 6.07 Å². The average Bonchev–Trinajstić information content (AvgIpc) is 3.19. The molecule has 0 saturated carbocycles. The zero-order chi connectivity index (χ0) is 21.3.